The smallest absolute Gasteiger partial charge is 0.272 e. The second-order valence-corrected chi connectivity index (χ2v) is 5.88. The number of hydrogen-bond acceptors (Lipinski definition) is 3. The lowest BCUT2D eigenvalue weighted by Gasteiger charge is -2.15. The van der Waals surface area contributed by atoms with Crippen LogP contribution in [0.4, 0.5) is 0 Å². The molecule has 1 saturated heterocycles. The molecule has 1 N–H and O–H groups in total. The average Bonchev–Trinajstić information content (AvgIpc) is 3.20. The first-order chi connectivity index (χ1) is 10.2. The Morgan fingerprint density at radius 1 is 1.14 bits per heavy atom. The maximum absolute atomic E-state index is 12.3. The molecule has 0 bridgehead atoms. The molecule has 21 heavy (non-hydrogen) atoms. The van der Waals surface area contributed by atoms with Crippen LogP contribution in [0.2, 0.25) is 0 Å². The number of amides is 2. The quantitative estimate of drug-likeness (QED) is 0.924. The largest absolute Gasteiger partial charge is 0.349 e. The Balaban J connectivity index is 1.69. The first-order valence-electron chi connectivity index (χ1n) is 7.80. The molecule has 1 aromatic rings. The van der Waals surface area contributed by atoms with Crippen molar-refractivity contribution in [2.45, 2.75) is 44.6 Å². The van der Waals surface area contributed by atoms with Crippen LogP contribution < -0.4 is 5.32 Å². The van der Waals surface area contributed by atoms with Gasteiger partial charge in [0.2, 0.25) is 0 Å². The minimum Gasteiger partial charge on any atom is -0.349 e. The fraction of sp³-hybridized carbons (Fsp3) is 0.562. The maximum Gasteiger partial charge on any atom is 0.272 e. The van der Waals surface area contributed by atoms with Gasteiger partial charge in [-0.2, -0.15) is 0 Å². The minimum atomic E-state index is -0.0974. The Bertz CT molecular complexity index is 532. The lowest BCUT2D eigenvalue weighted by molar-refractivity contribution is 0.0787. The molecule has 0 aromatic carbocycles. The lowest BCUT2D eigenvalue weighted by atomic mass is 10.1. The number of nitrogens with one attached hydrogen (secondary N) is 1. The monoisotopic (exact) mass is 287 g/mol. The number of aromatic nitrogens is 1. The van der Waals surface area contributed by atoms with Crippen molar-refractivity contribution in [1.82, 2.24) is 15.2 Å². The third-order valence-electron chi connectivity index (χ3n) is 4.32. The fourth-order valence-electron chi connectivity index (χ4n) is 3.11. The lowest BCUT2D eigenvalue weighted by Crippen LogP contribution is -2.33. The number of carbonyl (C=O) groups excluding carboxylic acids is 2. The van der Waals surface area contributed by atoms with Gasteiger partial charge in [0.1, 0.15) is 5.69 Å². The zero-order chi connectivity index (χ0) is 14.7. The van der Waals surface area contributed by atoms with Gasteiger partial charge in [0, 0.05) is 30.9 Å². The third-order valence-corrected chi connectivity index (χ3v) is 4.32. The second kappa shape index (κ2) is 6.24. The van der Waals surface area contributed by atoms with Crippen LogP contribution in [0.15, 0.2) is 18.3 Å². The molecule has 112 valence electrons. The highest BCUT2D eigenvalue weighted by Gasteiger charge is 2.22. The van der Waals surface area contributed by atoms with Crippen LogP contribution >= 0.6 is 0 Å². The second-order valence-electron chi connectivity index (χ2n) is 5.88. The number of carbonyl (C=O) groups is 2. The van der Waals surface area contributed by atoms with Gasteiger partial charge in [0.05, 0.1) is 0 Å². The molecule has 3 rings (SSSR count). The molecule has 0 radical (unpaired) electrons. The van der Waals surface area contributed by atoms with Gasteiger partial charge in [-0.3, -0.25) is 14.6 Å². The summed E-state index contributed by atoms with van der Waals surface area (Å²) < 4.78 is 0. The van der Waals surface area contributed by atoms with Crippen molar-refractivity contribution < 1.29 is 9.59 Å². The molecule has 2 aliphatic rings. The third kappa shape index (κ3) is 3.23. The van der Waals surface area contributed by atoms with E-state index in [1.54, 1.807) is 23.2 Å². The van der Waals surface area contributed by atoms with Gasteiger partial charge in [-0.1, -0.05) is 12.8 Å². The highest BCUT2D eigenvalue weighted by atomic mass is 16.2. The molecule has 1 aliphatic heterocycles. The van der Waals surface area contributed by atoms with Crippen LogP contribution in [-0.2, 0) is 0 Å². The van der Waals surface area contributed by atoms with Gasteiger partial charge >= 0.3 is 0 Å². The summed E-state index contributed by atoms with van der Waals surface area (Å²) in [6, 6.07) is 3.57. The van der Waals surface area contributed by atoms with E-state index in [-0.39, 0.29) is 17.9 Å². The van der Waals surface area contributed by atoms with Crippen LogP contribution in [0.25, 0.3) is 0 Å². The Hall–Kier alpha value is -1.91. The number of nitrogens with zero attached hydrogens (tertiary/aromatic N) is 2. The van der Waals surface area contributed by atoms with E-state index >= 15 is 0 Å². The van der Waals surface area contributed by atoms with Crippen molar-refractivity contribution >= 4 is 11.8 Å². The van der Waals surface area contributed by atoms with Crippen molar-refractivity contribution in [3.8, 4) is 0 Å². The Morgan fingerprint density at radius 2 is 1.86 bits per heavy atom. The summed E-state index contributed by atoms with van der Waals surface area (Å²) in [5.41, 5.74) is 0.899. The molecule has 0 spiro atoms. The SMILES string of the molecule is O=C(NC1CCCC1)c1ccnc(C(=O)N2CCCC2)c1. The summed E-state index contributed by atoms with van der Waals surface area (Å²) in [6.07, 6.45) is 8.11. The van der Waals surface area contributed by atoms with E-state index < -0.39 is 0 Å². The molecule has 2 heterocycles. The topological polar surface area (TPSA) is 62.3 Å². The summed E-state index contributed by atoms with van der Waals surface area (Å²) in [5.74, 6) is -0.164. The molecule has 1 aromatic heterocycles. The Labute approximate surface area is 124 Å². The van der Waals surface area contributed by atoms with Gasteiger partial charge in [0.25, 0.3) is 11.8 Å². The predicted molar refractivity (Wildman–Crippen MR) is 79.1 cm³/mol. The predicted octanol–water partition coefficient (Wildman–Crippen LogP) is 1.99. The van der Waals surface area contributed by atoms with Crippen molar-refractivity contribution in [3.05, 3.63) is 29.6 Å². The fourth-order valence-corrected chi connectivity index (χ4v) is 3.11. The van der Waals surface area contributed by atoms with Crippen LogP contribution in [0, 0.1) is 0 Å². The summed E-state index contributed by atoms with van der Waals surface area (Å²) in [7, 11) is 0. The van der Waals surface area contributed by atoms with Gasteiger partial charge in [-0.25, -0.2) is 0 Å². The Morgan fingerprint density at radius 3 is 2.57 bits per heavy atom. The highest BCUT2D eigenvalue weighted by Crippen LogP contribution is 2.18. The highest BCUT2D eigenvalue weighted by molar-refractivity contribution is 5.98. The molecule has 0 unspecified atom stereocenters. The van der Waals surface area contributed by atoms with E-state index in [2.05, 4.69) is 10.3 Å². The first-order valence-corrected chi connectivity index (χ1v) is 7.80. The summed E-state index contributed by atoms with van der Waals surface area (Å²) in [4.78, 5) is 30.5. The molecular weight excluding hydrogens is 266 g/mol. The van der Waals surface area contributed by atoms with E-state index in [0.717, 1.165) is 38.8 Å². The van der Waals surface area contributed by atoms with Crippen LogP contribution in [-0.4, -0.2) is 40.8 Å². The van der Waals surface area contributed by atoms with E-state index in [1.165, 1.54) is 12.8 Å². The number of rotatable bonds is 3. The van der Waals surface area contributed by atoms with E-state index in [4.69, 9.17) is 0 Å². The standard InChI is InChI=1S/C16H21N3O2/c20-15(18-13-5-1-2-6-13)12-7-8-17-14(11-12)16(21)19-9-3-4-10-19/h7-8,11,13H,1-6,9-10H2,(H,18,20). The van der Waals surface area contributed by atoms with Crippen LogP contribution in [0.3, 0.4) is 0 Å². The van der Waals surface area contributed by atoms with E-state index in [9.17, 15) is 9.59 Å². The summed E-state index contributed by atoms with van der Waals surface area (Å²) >= 11 is 0. The zero-order valence-corrected chi connectivity index (χ0v) is 12.2. The van der Waals surface area contributed by atoms with Gasteiger partial charge in [-0.05, 0) is 37.8 Å². The molecule has 0 atom stereocenters. The van der Waals surface area contributed by atoms with Gasteiger partial charge < -0.3 is 10.2 Å². The van der Waals surface area contributed by atoms with Gasteiger partial charge in [-0.15, -0.1) is 0 Å². The van der Waals surface area contributed by atoms with Crippen LogP contribution in [0.1, 0.15) is 59.4 Å². The van der Waals surface area contributed by atoms with E-state index in [0.29, 0.717) is 11.3 Å². The number of likely N-dealkylation sites (tertiary alicyclic amines) is 1. The number of hydrogen-bond donors (Lipinski definition) is 1. The minimum absolute atomic E-state index is 0.0667. The van der Waals surface area contributed by atoms with Crippen molar-refractivity contribution in [3.63, 3.8) is 0 Å². The van der Waals surface area contributed by atoms with E-state index in [1.807, 2.05) is 0 Å². The normalized spacial score (nSPS) is 19.0. The zero-order valence-electron chi connectivity index (χ0n) is 12.2. The number of pyridine rings is 1. The summed E-state index contributed by atoms with van der Waals surface area (Å²) in [6.45, 7) is 1.58. The average molecular weight is 287 g/mol. The molecular formula is C16H21N3O2. The van der Waals surface area contributed by atoms with Crippen molar-refractivity contribution in [2.24, 2.45) is 0 Å². The van der Waals surface area contributed by atoms with Crippen molar-refractivity contribution in [1.29, 1.82) is 0 Å². The van der Waals surface area contributed by atoms with Gasteiger partial charge in [0.15, 0.2) is 0 Å². The molecule has 2 amide bonds. The van der Waals surface area contributed by atoms with Crippen LogP contribution in [0.5, 0.6) is 0 Å². The molecule has 1 aliphatic carbocycles. The molecule has 1 saturated carbocycles. The summed E-state index contributed by atoms with van der Waals surface area (Å²) in [5, 5.41) is 3.04. The molecule has 5 heteroatoms. The first kappa shape index (κ1) is 14.0. The molecule has 2 fully saturated rings. The Kier molecular flexibility index (Phi) is 4.18. The molecule has 5 nitrogen and oxygen atoms in total. The van der Waals surface area contributed by atoms with Crippen molar-refractivity contribution in [2.75, 3.05) is 13.1 Å². The maximum atomic E-state index is 12.3.